The fourth-order valence-electron chi connectivity index (χ4n) is 1.53. The third-order valence-electron chi connectivity index (χ3n) is 2.20. The number of aromatic nitrogens is 1. The summed E-state index contributed by atoms with van der Waals surface area (Å²) >= 11 is 0. The van der Waals surface area contributed by atoms with Crippen molar-refractivity contribution in [2.45, 2.75) is 33.1 Å². The molecule has 1 unspecified atom stereocenters. The van der Waals surface area contributed by atoms with E-state index >= 15 is 0 Å². The van der Waals surface area contributed by atoms with Crippen molar-refractivity contribution in [3.8, 4) is 0 Å². The van der Waals surface area contributed by atoms with Gasteiger partial charge in [-0.25, -0.2) is 0 Å². The van der Waals surface area contributed by atoms with E-state index in [2.05, 4.69) is 11.9 Å². The van der Waals surface area contributed by atoms with Gasteiger partial charge in [0.15, 0.2) is 0 Å². The lowest BCUT2D eigenvalue weighted by Crippen LogP contribution is -2.02. The summed E-state index contributed by atoms with van der Waals surface area (Å²) in [5.41, 5.74) is 2.39. The molecule has 1 rings (SSSR count). The third-order valence-corrected chi connectivity index (χ3v) is 2.20. The Morgan fingerprint density at radius 3 is 2.85 bits per heavy atom. The fourth-order valence-corrected chi connectivity index (χ4v) is 1.53. The number of hydrogen-bond acceptors (Lipinski definition) is 2. The number of carbonyl (C=O) groups excluding carboxylic acids is 1. The van der Waals surface area contributed by atoms with Crippen molar-refractivity contribution in [1.29, 1.82) is 0 Å². The van der Waals surface area contributed by atoms with Crippen LogP contribution < -0.4 is 0 Å². The number of carbonyl (C=O) groups is 1. The predicted octanol–water partition coefficient (Wildman–Crippen LogP) is 2.47. The first-order valence-electron chi connectivity index (χ1n) is 4.51. The molecule has 0 spiro atoms. The smallest absolute Gasteiger partial charge is 0.130 e. The highest BCUT2D eigenvalue weighted by molar-refractivity contribution is 5.76. The Morgan fingerprint density at radius 2 is 2.31 bits per heavy atom. The Labute approximate surface area is 79.0 Å². The van der Waals surface area contributed by atoms with Crippen molar-refractivity contribution in [3.63, 3.8) is 0 Å². The Kier molecular flexibility index (Phi) is 3.18. The predicted molar refractivity (Wildman–Crippen MR) is 52.7 cm³/mol. The molecule has 0 amide bonds. The number of ketones is 1. The molecule has 0 fully saturated rings. The first-order valence-corrected chi connectivity index (χ1v) is 4.51. The molecule has 2 nitrogen and oxygen atoms in total. The van der Waals surface area contributed by atoms with Crippen LogP contribution in [0.4, 0.5) is 0 Å². The molecule has 1 aromatic heterocycles. The van der Waals surface area contributed by atoms with Gasteiger partial charge in [0.2, 0.25) is 0 Å². The molecule has 1 heterocycles. The zero-order valence-electron chi connectivity index (χ0n) is 8.37. The van der Waals surface area contributed by atoms with Crippen molar-refractivity contribution in [3.05, 3.63) is 29.6 Å². The second-order valence-electron chi connectivity index (χ2n) is 3.54. The summed E-state index contributed by atoms with van der Waals surface area (Å²) in [6.45, 7) is 5.74. The van der Waals surface area contributed by atoms with E-state index in [1.165, 1.54) is 11.1 Å². The van der Waals surface area contributed by atoms with E-state index in [0.717, 1.165) is 0 Å². The number of Topliss-reactive ketones (excluding diaryl/α,β-unsaturated/α-hetero) is 1. The third kappa shape index (κ3) is 2.65. The van der Waals surface area contributed by atoms with Crippen LogP contribution in [0.5, 0.6) is 0 Å². The van der Waals surface area contributed by atoms with E-state index in [4.69, 9.17) is 0 Å². The van der Waals surface area contributed by atoms with Gasteiger partial charge >= 0.3 is 0 Å². The van der Waals surface area contributed by atoms with E-state index in [-0.39, 0.29) is 11.7 Å². The molecular formula is C11H15NO. The summed E-state index contributed by atoms with van der Waals surface area (Å²) < 4.78 is 0. The van der Waals surface area contributed by atoms with Gasteiger partial charge in [0.05, 0.1) is 0 Å². The maximum absolute atomic E-state index is 10.9. The first-order chi connectivity index (χ1) is 6.11. The molecular weight excluding hydrogens is 162 g/mol. The zero-order valence-corrected chi connectivity index (χ0v) is 8.37. The molecule has 70 valence electrons. The lowest BCUT2D eigenvalue weighted by atomic mass is 9.94. The molecule has 0 saturated heterocycles. The Bertz CT molecular complexity index is 307. The monoisotopic (exact) mass is 177 g/mol. The minimum absolute atomic E-state index is 0.232. The van der Waals surface area contributed by atoms with Gasteiger partial charge in [-0.3, -0.25) is 4.98 Å². The summed E-state index contributed by atoms with van der Waals surface area (Å²) in [4.78, 5) is 15.0. The summed E-state index contributed by atoms with van der Waals surface area (Å²) in [5.74, 6) is 0.516. The second kappa shape index (κ2) is 4.17. The average molecular weight is 177 g/mol. The molecule has 0 aliphatic carbocycles. The van der Waals surface area contributed by atoms with Crippen LogP contribution in [-0.4, -0.2) is 10.8 Å². The van der Waals surface area contributed by atoms with Gasteiger partial charge in [0.25, 0.3) is 0 Å². The largest absolute Gasteiger partial charge is 0.300 e. The molecule has 0 bridgehead atoms. The van der Waals surface area contributed by atoms with Gasteiger partial charge in [0.1, 0.15) is 5.78 Å². The lowest BCUT2D eigenvalue weighted by Gasteiger charge is -2.11. The number of aryl methyl sites for hydroxylation is 1. The molecule has 0 N–H and O–H groups in total. The highest BCUT2D eigenvalue weighted by Crippen LogP contribution is 2.21. The standard InChI is InChI=1S/C11H15NO/c1-8-4-5-12-7-11(8)9(2)6-10(3)13/h4-5,7,9H,6H2,1-3H3. The summed E-state index contributed by atoms with van der Waals surface area (Å²) in [7, 11) is 0. The van der Waals surface area contributed by atoms with E-state index in [1.807, 2.05) is 19.2 Å². The number of hydrogen-bond donors (Lipinski definition) is 0. The lowest BCUT2D eigenvalue weighted by molar-refractivity contribution is -0.117. The van der Waals surface area contributed by atoms with Crippen LogP contribution in [0.1, 0.15) is 37.3 Å². The minimum atomic E-state index is 0.232. The van der Waals surface area contributed by atoms with Crippen LogP contribution in [0, 0.1) is 6.92 Å². The Hall–Kier alpha value is -1.18. The van der Waals surface area contributed by atoms with Gasteiger partial charge in [0, 0.05) is 18.8 Å². The van der Waals surface area contributed by atoms with Gasteiger partial charge in [-0.05, 0) is 37.0 Å². The quantitative estimate of drug-likeness (QED) is 0.710. The number of nitrogens with zero attached hydrogens (tertiary/aromatic N) is 1. The number of pyridine rings is 1. The Morgan fingerprint density at radius 1 is 1.62 bits per heavy atom. The van der Waals surface area contributed by atoms with E-state index < -0.39 is 0 Å². The molecule has 0 radical (unpaired) electrons. The first kappa shape index (κ1) is 9.90. The topological polar surface area (TPSA) is 30.0 Å². The summed E-state index contributed by atoms with van der Waals surface area (Å²) in [6.07, 6.45) is 4.23. The second-order valence-corrected chi connectivity index (χ2v) is 3.54. The molecule has 0 aliphatic rings. The summed E-state index contributed by atoms with van der Waals surface area (Å²) in [5, 5.41) is 0. The zero-order chi connectivity index (χ0) is 9.84. The SMILES string of the molecule is CC(=O)CC(C)c1cnccc1C. The highest BCUT2D eigenvalue weighted by Gasteiger charge is 2.10. The van der Waals surface area contributed by atoms with Crippen LogP contribution in [0.3, 0.4) is 0 Å². The van der Waals surface area contributed by atoms with E-state index in [1.54, 1.807) is 13.1 Å². The average Bonchev–Trinajstić information content (AvgIpc) is 2.03. The van der Waals surface area contributed by atoms with Crippen molar-refractivity contribution in [1.82, 2.24) is 4.98 Å². The molecule has 0 aromatic carbocycles. The van der Waals surface area contributed by atoms with Crippen LogP contribution in [-0.2, 0) is 4.79 Å². The minimum Gasteiger partial charge on any atom is -0.300 e. The highest BCUT2D eigenvalue weighted by atomic mass is 16.1. The Balaban J connectivity index is 2.82. The number of rotatable bonds is 3. The van der Waals surface area contributed by atoms with Gasteiger partial charge in [-0.2, -0.15) is 0 Å². The van der Waals surface area contributed by atoms with Gasteiger partial charge < -0.3 is 4.79 Å². The van der Waals surface area contributed by atoms with Gasteiger partial charge in [-0.1, -0.05) is 6.92 Å². The molecule has 13 heavy (non-hydrogen) atoms. The maximum atomic E-state index is 10.9. The molecule has 1 aromatic rings. The van der Waals surface area contributed by atoms with Crippen LogP contribution >= 0.6 is 0 Å². The normalized spacial score (nSPS) is 12.5. The molecule has 0 aliphatic heterocycles. The molecule has 0 saturated carbocycles. The van der Waals surface area contributed by atoms with Crippen LogP contribution in [0.2, 0.25) is 0 Å². The summed E-state index contributed by atoms with van der Waals surface area (Å²) in [6, 6.07) is 1.98. The fraction of sp³-hybridized carbons (Fsp3) is 0.455. The maximum Gasteiger partial charge on any atom is 0.130 e. The van der Waals surface area contributed by atoms with Crippen molar-refractivity contribution >= 4 is 5.78 Å². The van der Waals surface area contributed by atoms with Crippen LogP contribution in [0.15, 0.2) is 18.5 Å². The van der Waals surface area contributed by atoms with Crippen molar-refractivity contribution in [2.75, 3.05) is 0 Å². The van der Waals surface area contributed by atoms with Crippen molar-refractivity contribution in [2.24, 2.45) is 0 Å². The van der Waals surface area contributed by atoms with Crippen molar-refractivity contribution < 1.29 is 4.79 Å². The van der Waals surface area contributed by atoms with Gasteiger partial charge in [-0.15, -0.1) is 0 Å². The van der Waals surface area contributed by atoms with Crippen LogP contribution in [0.25, 0.3) is 0 Å². The van der Waals surface area contributed by atoms with E-state index in [0.29, 0.717) is 6.42 Å². The molecule has 1 atom stereocenters. The van der Waals surface area contributed by atoms with E-state index in [9.17, 15) is 4.79 Å². The molecule has 2 heteroatoms.